The second-order valence-electron chi connectivity index (χ2n) is 11.6. The standard InChI is InChI=1S/C27H42NO7P/c1-25(2,3)33-21(29)16-15-19(23(31)34-26(4,5)6)17-18-36(32)24(35-27(7,8)9)22(30)28-20-13-11-10-12-14-20/h10-14,18-19,24H,15-17H2,1-9H3,(H,28,30). The fourth-order valence-corrected chi connectivity index (χ4v) is 4.38. The molecule has 3 atom stereocenters. The number of hydrogen-bond donors (Lipinski definition) is 1. The van der Waals surface area contributed by atoms with Gasteiger partial charge in [0.15, 0.2) is 0 Å². The molecule has 8 nitrogen and oxygen atoms in total. The van der Waals surface area contributed by atoms with Crippen molar-refractivity contribution in [2.45, 2.75) is 104 Å². The molecule has 1 aromatic rings. The molecule has 0 bridgehead atoms. The molecular weight excluding hydrogens is 481 g/mol. The third kappa shape index (κ3) is 13.7. The van der Waals surface area contributed by atoms with Gasteiger partial charge in [0.1, 0.15) is 11.2 Å². The number of esters is 2. The molecule has 0 spiro atoms. The van der Waals surface area contributed by atoms with E-state index < -0.39 is 54.2 Å². The zero-order valence-corrected chi connectivity index (χ0v) is 23.9. The first-order chi connectivity index (χ1) is 16.4. The topological polar surface area (TPSA) is 114 Å². The highest BCUT2D eigenvalue weighted by molar-refractivity contribution is 7.51. The van der Waals surface area contributed by atoms with E-state index in [0.717, 1.165) is 0 Å². The van der Waals surface area contributed by atoms with Gasteiger partial charge in [-0.2, -0.15) is 0 Å². The lowest BCUT2D eigenvalue weighted by atomic mass is 10.00. The fourth-order valence-electron chi connectivity index (χ4n) is 3.01. The maximum Gasteiger partial charge on any atom is 0.309 e. The zero-order chi connectivity index (χ0) is 27.7. The summed E-state index contributed by atoms with van der Waals surface area (Å²) in [5, 5.41) is 2.73. The van der Waals surface area contributed by atoms with E-state index in [-0.39, 0.29) is 19.3 Å². The molecule has 0 fully saturated rings. The number of carbonyl (C=O) groups excluding carboxylic acids is 3. The summed E-state index contributed by atoms with van der Waals surface area (Å²) in [5.74, 6) is -2.06. The molecule has 0 heterocycles. The van der Waals surface area contributed by atoms with Crippen LogP contribution in [0.25, 0.3) is 0 Å². The van der Waals surface area contributed by atoms with Gasteiger partial charge in [-0.3, -0.25) is 14.4 Å². The van der Waals surface area contributed by atoms with Gasteiger partial charge in [0.25, 0.3) is 5.85 Å². The molecule has 36 heavy (non-hydrogen) atoms. The monoisotopic (exact) mass is 523 g/mol. The Kier molecular flexibility index (Phi) is 11.7. The second-order valence-corrected chi connectivity index (χ2v) is 13.1. The van der Waals surface area contributed by atoms with E-state index >= 15 is 0 Å². The van der Waals surface area contributed by atoms with Crippen LogP contribution < -0.4 is 10.2 Å². The van der Waals surface area contributed by atoms with Gasteiger partial charge in [0.05, 0.1) is 25.1 Å². The van der Waals surface area contributed by atoms with Gasteiger partial charge in [0.2, 0.25) is 0 Å². The van der Waals surface area contributed by atoms with Crippen LogP contribution in [0.2, 0.25) is 0 Å². The van der Waals surface area contributed by atoms with E-state index in [0.29, 0.717) is 5.69 Å². The largest absolute Gasteiger partial charge is 0.628 e. The minimum absolute atomic E-state index is 0.00220. The maximum absolute atomic E-state index is 13.3. The number of para-hydroxylation sites is 1. The number of carbonyl (C=O) groups is 3. The Morgan fingerprint density at radius 2 is 1.47 bits per heavy atom. The summed E-state index contributed by atoms with van der Waals surface area (Å²) in [6.45, 7) is 15.9. The van der Waals surface area contributed by atoms with Crippen molar-refractivity contribution in [3.63, 3.8) is 0 Å². The van der Waals surface area contributed by atoms with Gasteiger partial charge in [-0.15, -0.1) is 0 Å². The quantitative estimate of drug-likeness (QED) is 0.346. The van der Waals surface area contributed by atoms with Crippen molar-refractivity contribution in [3.8, 4) is 0 Å². The number of anilines is 1. The van der Waals surface area contributed by atoms with E-state index in [1.165, 1.54) is 5.80 Å². The van der Waals surface area contributed by atoms with Gasteiger partial charge >= 0.3 is 17.8 Å². The van der Waals surface area contributed by atoms with Crippen LogP contribution in [0.4, 0.5) is 5.69 Å². The highest BCUT2D eigenvalue weighted by Gasteiger charge is 2.34. The molecule has 9 heteroatoms. The molecule has 1 aromatic carbocycles. The zero-order valence-electron chi connectivity index (χ0n) is 23.0. The van der Waals surface area contributed by atoms with Crippen LogP contribution in [0.5, 0.6) is 0 Å². The highest BCUT2D eigenvalue weighted by atomic mass is 31.1. The van der Waals surface area contributed by atoms with Crippen LogP contribution in [-0.2, 0) is 28.6 Å². The molecule has 0 saturated carbocycles. The second kappa shape index (κ2) is 13.3. The molecular formula is C27H42NO7P. The SMILES string of the molecule is CC(C)(C)OC(=O)CCC(C/C=[P+](\[O-])C(OC(C)(C)C)C(=O)Nc1ccccc1)C(=O)OC(C)(C)C. The summed E-state index contributed by atoms with van der Waals surface area (Å²) >= 11 is 0. The Labute approximate surface area is 216 Å². The van der Waals surface area contributed by atoms with Crippen molar-refractivity contribution >= 4 is 37.1 Å². The van der Waals surface area contributed by atoms with Crippen LogP contribution in [0, 0.1) is 5.92 Å². The molecule has 202 valence electrons. The van der Waals surface area contributed by atoms with Crippen molar-refractivity contribution < 1.29 is 33.5 Å². The first kappa shape index (κ1) is 31.7. The predicted octanol–water partition coefficient (Wildman–Crippen LogP) is 4.80. The molecule has 0 radical (unpaired) electrons. The lowest BCUT2D eigenvalue weighted by molar-refractivity contribution is -0.169. The predicted molar refractivity (Wildman–Crippen MR) is 142 cm³/mol. The highest BCUT2D eigenvalue weighted by Crippen LogP contribution is 2.29. The van der Waals surface area contributed by atoms with Crippen molar-refractivity contribution in [1.29, 1.82) is 0 Å². The Morgan fingerprint density at radius 3 is 1.97 bits per heavy atom. The summed E-state index contributed by atoms with van der Waals surface area (Å²) in [6.07, 6.45) is 0.211. The van der Waals surface area contributed by atoms with Crippen molar-refractivity contribution in [3.05, 3.63) is 30.3 Å². The average molecular weight is 524 g/mol. The van der Waals surface area contributed by atoms with Gasteiger partial charge in [-0.25, -0.2) is 0 Å². The first-order valence-corrected chi connectivity index (χ1v) is 13.5. The molecule has 1 N–H and O–H groups in total. The maximum atomic E-state index is 13.3. The smallest absolute Gasteiger partial charge is 0.309 e. The van der Waals surface area contributed by atoms with Crippen LogP contribution in [-0.4, -0.2) is 46.3 Å². The van der Waals surface area contributed by atoms with Crippen LogP contribution >= 0.6 is 7.77 Å². The molecule has 1 rings (SSSR count). The lowest BCUT2D eigenvalue weighted by Crippen LogP contribution is -2.36. The summed E-state index contributed by atoms with van der Waals surface area (Å²) in [4.78, 5) is 51.3. The normalized spacial score (nSPS) is 14.6. The van der Waals surface area contributed by atoms with E-state index in [1.54, 1.807) is 86.6 Å². The van der Waals surface area contributed by atoms with Gasteiger partial charge in [-0.1, -0.05) is 18.2 Å². The molecule has 0 aromatic heterocycles. The van der Waals surface area contributed by atoms with Crippen LogP contribution in [0.15, 0.2) is 30.3 Å². The van der Waals surface area contributed by atoms with E-state index in [2.05, 4.69) is 5.32 Å². The lowest BCUT2D eigenvalue weighted by Gasteiger charge is -2.25. The van der Waals surface area contributed by atoms with Crippen molar-refractivity contribution in [2.75, 3.05) is 5.32 Å². The summed E-state index contributed by atoms with van der Waals surface area (Å²) < 4.78 is 16.7. The van der Waals surface area contributed by atoms with Gasteiger partial charge in [-0.05, 0) is 80.9 Å². The van der Waals surface area contributed by atoms with Crippen molar-refractivity contribution in [1.82, 2.24) is 0 Å². The van der Waals surface area contributed by atoms with Crippen molar-refractivity contribution in [2.24, 2.45) is 5.92 Å². The molecule has 0 aliphatic rings. The molecule has 1 amide bonds. The number of nitrogens with one attached hydrogen (secondary N) is 1. The Morgan fingerprint density at radius 1 is 0.917 bits per heavy atom. The van der Waals surface area contributed by atoms with Crippen LogP contribution in [0.3, 0.4) is 0 Å². The van der Waals surface area contributed by atoms with Gasteiger partial charge in [0, 0.05) is 18.5 Å². The molecule has 0 aliphatic carbocycles. The summed E-state index contributed by atoms with van der Waals surface area (Å²) in [5.41, 5.74) is -1.55. The van der Waals surface area contributed by atoms with E-state index in [9.17, 15) is 19.3 Å². The number of rotatable bonds is 10. The summed E-state index contributed by atoms with van der Waals surface area (Å²) in [7, 11) is -2.32. The third-order valence-electron chi connectivity index (χ3n) is 4.39. The Balaban J connectivity index is 3.08. The minimum Gasteiger partial charge on any atom is -0.628 e. The van der Waals surface area contributed by atoms with Crippen LogP contribution in [0.1, 0.15) is 81.6 Å². The summed E-state index contributed by atoms with van der Waals surface area (Å²) in [6, 6.07) is 8.81. The first-order valence-electron chi connectivity index (χ1n) is 12.1. The Bertz CT molecular complexity index is 909. The molecule has 0 saturated heterocycles. The Hall–Kier alpha value is -2.28. The number of benzene rings is 1. The van der Waals surface area contributed by atoms with Gasteiger partial charge < -0.3 is 24.4 Å². The van der Waals surface area contributed by atoms with E-state index in [4.69, 9.17) is 14.2 Å². The van der Waals surface area contributed by atoms with E-state index in [1.807, 2.05) is 6.07 Å². The average Bonchev–Trinajstić information content (AvgIpc) is 2.69. The minimum atomic E-state index is -2.32. The molecule has 0 aliphatic heterocycles. The number of ether oxygens (including phenoxy) is 3. The number of amides is 1. The molecule has 3 unspecified atom stereocenters. The third-order valence-corrected chi connectivity index (χ3v) is 5.76. The number of hydrogen-bond acceptors (Lipinski definition) is 7. The fraction of sp³-hybridized carbons (Fsp3) is 0.630.